The zero-order valence-electron chi connectivity index (χ0n) is 22.7. The van der Waals surface area contributed by atoms with Crippen LogP contribution in [0, 0.1) is 5.41 Å². The van der Waals surface area contributed by atoms with E-state index >= 15 is 0 Å². The Labute approximate surface area is 231 Å². The van der Waals surface area contributed by atoms with E-state index in [1.807, 2.05) is 12.1 Å². The molecule has 1 fully saturated rings. The van der Waals surface area contributed by atoms with E-state index in [0.717, 1.165) is 83.1 Å². The number of piperazine rings is 1. The first-order valence-electron chi connectivity index (χ1n) is 13.6. The van der Waals surface area contributed by atoms with Crippen molar-refractivity contribution in [2.45, 2.75) is 40.0 Å². The smallest absolute Gasteiger partial charge is 0.463 e. The number of carbonyl (C=O) groups excluding carboxylic acids is 1. The van der Waals surface area contributed by atoms with Gasteiger partial charge < -0.3 is 19.3 Å². The van der Waals surface area contributed by atoms with Gasteiger partial charge in [0.15, 0.2) is 5.76 Å². The van der Waals surface area contributed by atoms with Crippen molar-refractivity contribution in [2.24, 2.45) is 5.41 Å². The Balaban J connectivity index is 1.22. The van der Waals surface area contributed by atoms with Crippen LogP contribution in [0.1, 0.15) is 38.3 Å². The number of pyridine rings is 1. The number of hydroxylamine groups is 2. The molecule has 39 heavy (non-hydrogen) atoms. The summed E-state index contributed by atoms with van der Waals surface area (Å²) < 4.78 is 11.7. The second kappa shape index (κ2) is 10.7. The molecule has 0 aromatic carbocycles. The second-order valence-electron chi connectivity index (χ2n) is 10.9. The molecule has 4 aromatic heterocycles. The van der Waals surface area contributed by atoms with Crippen molar-refractivity contribution in [1.29, 1.82) is 0 Å². The molecule has 0 radical (unpaired) electrons. The number of rotatable bonds is 7. The van der Waals surface area contributed by atoms with Gasteiger partial charge in [-0.15, -0.1) is 16.4 Å². The van der Waals surface area contributed by atoms with Crippen molar-refractivity contribution in [2.75, 3.05) is 51.2 Å². The van der Waals surface area contributed by atoms with Crippen LogP contribution in [0.15, 0.2) is 29.1 Å². The normalized spacial score (nSPS) is 17.8. The number of fused-ring (bicyclic) bond motifs is 5. The lowest BCUT2D eigenvalue weighted by Gasteiger charge is -2.32. The highest BCUT2D eigenvalue weighted by Gasteiger charge is 2.32. The average molecular weight is 551 g/mol. The van der Waals surface area contributed by atoms with Crippen LogP contribution in [0.5, 0.6) is 0 Å². The molecule has 0 saturated carbocycles. The van der Waals surface area contributed by atoms with Crippen LogP contribution in [-0.4, -0.2) is 76.9 Å². The Morgan fingerprint density at radius 3 is 2.82 bits per heavy atom. The zero-order valence-corrected chi connectivity index (χ0v) is 23.5. The van der Waals surface area contributed by atoms with Crippen molar-refractivity contribution in [1.82, 2.24) is 24.9 Å². The quantitative estimate of drug-likeness (QED) is 0.311. The van der Waals surface area contributed by atoms with E-state index < -0.39 is 6.16 Å². The van der Waals surface area contributed by atoms with Gasteiger partial charge in [0.05, 0.1) is 23.1 Å². The van der Waals surface area contributed by atoms with E-state index in [9.17, 15) is 4.79 Å². The fourth-order valence-electron chi connectivity index (χ4n) is 5.58. The molecule has 0 amide bonds. The predicted molar refractivity (Wildman–Crippen MR) is 151 cm³/mol. The largest absolute Gasteiger partial charge is 0.527 e. The third-order valence-corrected chi connectivity index (χ3v) is 8.68. The molecular weight excluding hydrogens is 516 g/mol. The lowest BCUT2D eigenvalue weighted by molar-refractivity contribution is -0.145. The molecule has 5 heterocycles. The van der Waals surface area contributed by atoms with E-state index in [-0.39, 0.29) is 5.41 Å². The van der Waals surface area contributed by atoms with Crippen LogP contribution >= 0.6 is 11.3 Å². The fourth-order valence-corrected chi connectivity index (χ4v) is 6.70. The standard InChI is InChI=1S/C28H34N6O4S/c1-4-36-27(35)38-34-13-11-33(12-14-34)10-9-29-25-24-23(30-17-31-25)21-19-16-28(2,3)8-7-18(19)22(32-26(21)39-24)20-6-5-15-37-20/h5-6,15,17H,4,7-14,16H2,1-3H3,(H,29,30,31). The van der Waals surface area contributed by atoms with E-state index in [2.05, 4.69) is 29.0 Å². The van der Waals surface area contributed by atoms with Gasteiger partial charge in [0.25, 0.3) is 0 Å². The van der Waals surface area contributed by atoms with Gasteiger partial charge in [0.1, 0.15) is 22.7 Å². The number of carbonyl (C=O) groups is 1. The number of nitrogens with zero attached hydrogens (tertiary/aromatic N) is 5. The SMILES string of the molecule is CCOC(=O)ON1CCN(CCNc2ncnc3c2sc2nc(-c4ccco4)c4c(c23)CC(C)(C)CC4)CC1. The molecule has 1 aliphatic heterocycles. The summed E-state index contributed by atoms with van der Waals surface area (Å²) >= 11 is 1.65. The summed E-state index contributed by atoms with van der Waals surface area (Å²) in [7, 11) is 0. The number of ether oxygens (including phenoxy) is 1. The first-order valence-corrected chi connectivity index (χ1v) is 14.4. The summed E-state index contributed by atoms with van der Waals surface area (Å²) in [5.41, 5.74) is 4.79. The average Bonchev–Trinajstić information content (AvgIpc) is 3.57. The van der Waals surface area contributed by atoms with Gasteiger partial charge in [-0.3, -0.25) is 4.90 Å². The maximum absolute atomic E-state index is 11.6. The van der Waals surface area contributed by atoms with Gasteiger partial charge in [-0.2, -0.15) is 0 Å². The molecule has 6 rings (SSSR count). The van der Waals surface area contributed by atoms with Crippen LogP contribution in [-0.2, 0) is 22.4 Å². The first-order chi connectivity index (χ1) is 18.9. The maximum atomic E-state index is 11.6. The number of hydrogen-bond acceptors (Lipinski definition) is 11. The van der Waals surface area contributed by atoms with E-state index in [1.165, 1.54) is 11.1 Å². The summed E-state index contributed by atoms with van der Waals surface area (Å²) in [6, 6.07) is 3.92. The highest BCUT2D eigenvalue weighted by molar-refractivity contribution is 7.26. The van der Waals surface area contributed by atoms with E-state index in [1.54, 1.807) is 35.9 Å². The summed E-state index contributed by atoms with van der Waals surface area (Å²) in [6.45, 7) is 11.3. The van der Waals surface area contributed by atoms with E-state index in [4.69, 9.17) is 24.0 Å². The minimum atomic E-state index is -0.640. The van der Waals surface area contributed by atoms with Crippen molar-refractivity contribution in [3.8, 4) is 11.5 Å². The number of hydrogen-bond donors (Lipinski definition) is 1. The van der Waals surface area contributed by atoms with Gasteiger partial charge in [-0.1, -0.05) is 13.8 Å². The first kappa shape index (κ1) is 26.0. The second-order valence-corrected chi connectivity index (χ2v) is 11.9. The molecule has 0 unspecified atom stereocenters. The molecule has 1 saturated heterocycles. The molecule has 2 aliphatic rings. The third kappa shape index (κ3) is 5.30. The summed E-state index contributed by atoms with van der Waals surface area (Å²) in [5.74, 6) is 1.66. The summed E-state index contributed by atoms with van der Waals surface area (Å²) in [4.78, 5) is 34.6. The van der Waals surface area contributed by atoms with Crippen molar-refractivity contribution < 1.29 is 18.8 Å². The Bertz CT molecular complexity index is 1480. The lowest BCUT2D eigenvalue weighted by Crippen LogP contribution is -2.48. The number of nitrogens with one attached hydrogen (secondary N) is 1. The number of thiophene rings is 1. The number of aromatic nitrogens is 3. The minimum absolute atomic E-state index is 0.218. The molecule has 10 nitrogen and oxygen atoms in total. The zero-order chi connectivity index (χ0) is 27.0. The Morgan fingerprint density at radius 2 is 2.05 bits per heavy atom. The predicted octanol–water partition coefficient (Wildman–Crippen LogP) is 5.13. The summed E-state index contributed by atoms with van der Waals surface area (Å²) in [6.07, 6.45) is 5.81. The fraction of sp³-hybridized carbons (Fsp3) is 0.500. The van der Waals surface area contributed by atoms with Gasteiger partial charge in [-0.25, -0.2) is 19.7 Å². The molecule has 206 valence electrons. The van der Waals surface area contributed by atoms with Crippen molar-refractivity contribution >= 4 is 43.7 Å². The maximum Gasteiger partial charge on any atom is 0.527 e. The Morgan fingerprint density at radius 1 is 1.21 bits per heavy atom. The third-order valence-electron chi connectivity index (χ3n) is 7.60. The van der Waals surface area contributed by atoms with Crippen molar-refractivity contribution in [3.63, 3.8) is 0 Å². The number of anilines is 1. The molecule has 0 bridgehead atoms. The van der Waals surface area contributed by atoms with Crippen LogP contribution in [0.4, 0.5) is 10.6 Å². The Kier molecular flexibility index (Phi) is 7.13. The minimum Gasteiger partial charge on any atom is -0.463 e. The Hall–Kier alpha value is -3.28. The summed E-state index contributed by atoms with van der Waals surface area (Å²) in [5, 5.41) is 6.38. The molecule has 4 aromatic rings. The molecular formula is C28H34N6O4S. The molecule has 1 aliphatic carbocycles. The number of furan rings is 1. The van der Waals surface area contributed by atoms with Crippen LogP contribution in [0.25, 0.3) is 31.9 Å². The molecule has 1 N–H and O–H groups in total. The van der Waals surface area contributed by atoms with Gasteiger partial charge in [0.2, 0.25) is 0 Å². The van der Waals surface area contributed by atoms with Gasteiger partial charge in [-0.05, 0) is 54.9 Å². The van der Waals surface area contributed by atoms with Crippen LogP contribution < -0.4 is 5.32 Å². The monoisotopic (exact) mass is 550 g/mol. The van der Waals surface area contributed by atoms with Crippen molar-refractivity contribution in [3.05, 3.63) is 35.9 Å². The van der Waals surface area contributed by atoms with Gasteiger partial charge >= 0.3 is 6.16 Å². The molecule has 0 atom stereocenters. The van der Waals surface area contributed by atoms with Crippen LogP contribution in [0.2, 0.25) is 0 Å². The van der Waals surface area contributed by atoms with E-state index in [0.29, 0.717) is 19.7 Å². The molecule has 11 heteroatoms. The van der Waals surface area contributed by atoms with Gasteiger partial charge in [0, 0.05) is 44.7 Å². The highest BCUT2D eigenvalue weighted by Crippen LogP contribution is 2.46. The lowest BCUT2D eigenvalue weighted by atomic mass is 9.73. The topological polar surface area (TPSA) is 106 Å². The van der Waals surface area contributed by atoms with Crippen LogP contribution in [0.3, 0.4) is 0 Å². The highest BCUT2D eigenvalue weighted by atomic mass is 32.1. The molecule has 0 spiro atoms.